The van der Waals surface area contributed by atoms with Crippen LogP contribution in [0.15, 0.2) is 30.3 Å². The van der Waals surface area contributed by atoms with Crippen LogP contribution in [0.4, 0.5) is 0 Å². The van der Waals surface area contributed by atoms with Gasteiger partial charge in [0, 0.05) is 12.6 Å². The minimum Gasteiger partial charge on any atom is -0.395 e. The molecule has 0 heterocycles. The third kappa shape index (κ3) is 6.15. The molecule has 2 N–H and O–H groups in total. The molecule has 1 amide bonds. The first-order valence-corrected chi connectivity index (χ1v) is 8.84. The molecule has 5 nitrogen and oxygen atoms in total. The summed E-state index contributed by atoms with van der Waals surface area (Å²) in [6.45, 7) is 10.3. The summed E-state index contributed by atoms with van der Waals surface area (Å²) in [4.78, 5) is 14.6. The van der Waals surface area contributed by atoms with E-state index >= 15 is 0 Å². The molecule has 5 heteroatoms. The van der Waals surface area contributed by atoms with Crippen molar-refractivity contribution in [3.8, 4) is 6.07 Å². The lowest BCUT2D eigenvalue weighted by atomic mass is 9.90. The molecular weight excluding hydrogens is 314 g/mol. The predicted molar refractivity (Wildman–Crippen MR) is 99.6 cm³/mol. The molecule has 0 aromatic heterocycles. The topological polar surface area (TPSA) is 76.4 Å². The van der Waals surface area contributed by atoms with Crippen molar-refractivity contribution >= 4 is 5.91 Å². The summed E-state index contributed by atoms with van der Waals surface area (Å²) in [7, 11) is 0. The van der Waals surface area contributed by atoms with Crippen LogP contribution >= 0.6 is 0 Å². The number of nitrogens with zero attached hydrogens (tertiary/aromatic N) is 2. The van der Waals surface area contributed by atoms with Crippen LogP contribution < -0.4 is 5.32 Å². The Hall–Kier alpha value is -1.90. The molecule has 0 aliphatic rings. The Labute approximate surface area is 151 Å². The maximum atomic E-state index is 12.6. The van der Waals surface area contributed by atoms with E-state index in [1.165, 1.54) is 0 Å². The average Bonchev–Trinajstić information content (AvgIpc) is 2.55. The molecule has 138 valence electrons. The predicted octanol–water partition coefficient (Wildman–Crippen LogP) is 2.56. The maximum absolute atomic E-state index is 12.6. The molecule has 0 aliphatic carbocycles. The fourth-order valence-corrected chi connectivity index (χ4v) is 2.67. The van der Waals surface area contributed by atoms with Gasteiger partial charge < -0.3 is 10.4 Å². The van der Waals surface area contributed by atoms with Crippen LogP contribution in [0.25, 0.3) is 0 Å². The van der Waals surface area contributed by atoms with E-state index < -0.39 is 5.54 Å². The number of hydrogen-bond donors (Lipinski definition) is 2. The van der Waals surface area contributed by atoms with E-state index in [1.807, 2.05) is 62.9 Å². The lowest BCUT2D eigenvalue weighted by molar-refractivity contribution is -0.125. The van der Waals surface area contributed by atoms with E-state index in [9.17, 15) is 15.2 Å². The second-order valence-electron chi connectivity index (χ2n) is 7.40. The Morgan fingerprint density at radius 3 is 2.32 bits per heavy atom. The lowest BCUT2D eigenvalue weighted by Crippen LogP contribution is -2.53. The number of aliphatic hydroxyl groups excluding tert-OH is 1. The maximum Gasteiger partial charge on any atom is 0.235 e. The van der Waals surface area contributed by atoms with Gasteiger partial charge >= 0.3 is 0 Å². The van der Waals surface area contributed by atoms with Crippen molar-refractivity contribution < 1.29 is 9.90 Å². The molecule has 0 bridgehead atoms. The van der Waals surface area contributed by atoms with Crippen LogP contribution in [0.5, 0.6) is 0 Å². The van der Waals surface area contributed by atoms with Gasteiger partial charge in [0.2, 0.25) is 5.91 Å². The van der Waals surface area contributed by atoms with Crippen molar-refractivity contribution in [1.82, 2.24) is 10.2 Å². The highest BCUT2D eigenvalue weighted by Crippen LogP contribution is 2.17. The van der Waals surface area contributed by atoms with Crippen LogP contribution in [0, 0.1) is 23.2 Å². The van der Waals surface area contributed by atoms with Crippen LogP contribution in [0.3, 0.4) is 0 Å². The quantitative estimate of drug-likeness (QED) is 0.721. The fraction of sp³-hybridized carbons (Fsp3) is 0.600. The van der Waals surface area contributed by atoms with Gasteiger partial charge in [-0.1, -0.05) is 58.0 Å². The zero-order chi connectivity index (χ0) is 19.0. The monoisotopic (exact) mass is 345 g/mol. The van der Waals surface area contributed by atoms with Crippen molar-refractivity contribution in [2.24, 2.45) is 11.8 Å². The SMILES string of the molecule is CC(C)C(CO)N(CC(=O)NC(C)(C#N)C(C)C)Cc1ccccc1. The molecule has 0 aliphatic heterocycles. The molecule has 0 spiro atoms. The summed E-state index contributed by atoms with van der Waals surface area (Å²) < 4.78 is 0. The first kappa shape index (κ1) is 21.1. The highest BCUT2D eigenvalue weighted by Gasteiger charge is 2.31. The van der Waals surface area contributed by atoms with E-state index in [0.717, 1.165) is 5.56 Å². The Morgan fingerprint density at radius 2 is 1.88 bits per heavy atom. The summed E-state index contributed by atoms with van der Waals surface area (Å²) in [5.74, 6) is 0.00417. The van der Waals surface area contributed by atoms with Crippen molar-refractivity contribution in [2.45, 2.75) is 52.7 Å². The summed E-state index contributed by atoms with van der Waals surface area (Å²) in [6.07, 6.45) is 0. The van der Waals surface area contributed by atoms with Gasteiger partial charge in [0.1, 0.15) is 5.54 Å². The lowest BCUT2D eigenvalue weighted by Gasteiger charge is -2.34. The average molecular weight is 345 g/mol. The molecule has 0 saturated heterocycles. The van der Waals surface area contributed by atoms with Crippen molar-refractivity contribution in [3.63, 3.8) is 0 Å². The van der Waals surface area contributed by atoms with Gasteiger partial charge in [-0.05, 0) is 24.3 Å². The van der Waals surface area contributed by atoms with Crippen molar-refractivity contribution in [1.29, 1.82) is 5.26 Å². The first-order valence-electron chi connectivity index (χ1n) is 8.84. The smallest absolute Gasteiger partial charge is 0.235 e. The molecule has 1 aromatic carbocycles. The molecule has 25 heavy (non-hydrogen) atoms. The number of carbonyl (C=O) groups is 1. The fourth-order valence-electron chi connectivity index (χ4n) is 2.67. The van der Waals surface area contributed by atoms with Gasteiger partial charge in [0.15, 0.2) is 0 Å². The summed E-state index contributed by atoms with van der Waals surface area (Å²) in [5.41, 5.74) is 0.184. The Bertz CT molecular complexity index is 580. The van der Waals surface area contributed by atoms with E-state index in [0.29, 0.717) is 6.54 Å². The molecule has 0 radical (unpaired) electrons. The second kappa shape index (κ2) is 9.55. The van der Waals surface area contributed by atoms with E-state index in [2.05, 4.69) is 11.4 Å². The Kier molecular flexibility index (Phi) is 8.08. The van der Waals surface area contributed by atoms with E-state index in [1.54, 1.807) is 6.92 Å². The Morgan fingerprint density at radius 1 is 1.28 bits per heavy atom. The first-order chi connectivity index (χ1) is 11.7. The number of hydrogen-bond acceptors (Lipinski definition) is 4. The molecule has 1 rings (SSSR count). The number of aliphatic hydroxyl groups is 1. The van der Waals surface area contributed by atoms with Gasteiger partial charge in [-0.3, -0.25) is 9.69 Å². The third-order valence-corrected chi connectivity index (χ3v) is 4.79. The van der Waals surface area contributed by atoms with E-state index in [4.69, 9.17) is 0 Å². The summed E-state index contributed by atoms with van der Waals surface area (Å²) in [5, 5.41) is 22.1. The molecule has 2 unspecified atom stereocenters. The summed E-state index contributed by atoms with van der Waals surface area (Å²) >= 11 is 0. The number of rotatable bonds is 9. The molecule has 0 fully saturated rings. The van der Waals surface area contributed by atoms with Crippen LogP contribution in [-0.2, 0) is 11.3 Å². The minimum absolute atomic E-state index is 0.00256. The normalized spacial score (nSPS) is 15.0. The van der Waals surface area contributed by atoms with Gasteiger partial charge in [0.25, 0.3) is 0 Å². The van der Waals surface area contributed by atoms with Gasteiger partial charge in [0.05, 0.1) is 19.2 Å². The second-order valence-corrected chi connectivity index (χ2v) is 7.40. The zero-order valence-corrected chi connectivity index (χ0v) is 16.0. The van der Waals surface area contributed by atoms with Crippen LogP contribution in [-0.4, -0.2) is 40.6 Å². The number of carbonyl (C=O) groups excluding carboxylic acids is 1. The Balaban J connectivity index is 2.93. The third-order valence-electron chi connectivity index (χ3n) is 4.79. The van der Waals surface area contributed by atoms with Crippen LogP contribution in [0.1, 0.15) is 40.2 Å². The van der Waals surface area contributed by atoms with Crippen molar-refractivity contribution in [2.75, 3.05) is 13.2 Å². The minimum atomic E-state index is -0.901. The number of nitrogens with one attached hydrogen (secondary N) is 1. The van der Waals surface area contributed by atoms with Gasteiger partial charge in [-0.25, -0.2) is 0 Å². The highest BCUT2D eigenvalue weighted by molar-refractivity contribution is 5.79. The molecular formula is C20H31N3O2. The highest BCUT2D eigenvalue weighted by atomic mass is 16.3. The summed E-state index contributed by atoms with van der Waals surface area (Å²) in [6, 6.07) is 12.0. The molecule has 1 aromatic rings. The van der Waals surface area contributed by atoms with Gasteiger partial charge in [-0.2, -0.15) is 5.26 Å². The zero-order valence-electron chi connectivity index (χ0n) is 16.0. The molecule has 0 saturated carbocycles. The molecule has 2 atom stereocenters. The van der Waals surface area contributed by atoms with E-state index in [-0.39, 0.29) is 36.9 Å². The number of amides is 1. The van der Waals surface area contributed by atoms with Crippen LogP contribution in [0.2, 0.25) is 0 Å². The number of nitriles is 1. The van der Waals surface area contributed by atoms with Crippen molar-refractivity contribution in [3.05, 3.63) is 35.9 Å². The standard InChI is InChI=1S/C20H31N3O2/c1-15(2)18(13-24)23(11-17-9-7-6-8-10-17)12-19(25)22-20(5,14-21)16(3)4/h6-10,15-16,18,24H,11-13H2,1-5H3,(H,22,25). The van der Waals surface area contributed by atoms with Gasteiger partial charge in [-0.15, -0.1) is 0 Å². The largest absolute Gasteiger partial charge is 0.395 e. The number of benzene rings is 1.